The zero-order valence-electron chi connectivity index (χ0n) is 22.7. The minimum Gasteiger partial charge on any atom is -0.479 e. The summed E-state index contributed by atoms with van der Waals surface area (Å²) in [7, 11) is 0. The molecule has 8 heteroatoms. The number of carboxylic acids is 1. The number of carbonyl (C=O) groups excluding carboxylic acids is 2. The minimum absolute atomic E-state index is 0.115. The number of esters is 2. The van der Waals surface area contributed by atoms with Crippen LogP contribution in [0.1, 0.15) is 66.4 Å². The maximum atomic E-state index is 12.7. The monoisotopic (exact) mass is 516 g/mol. The first-order valence-electron chi connectivity index (χ1n) is 12.6. The van der Waals surface area contributed by atoms with E-state index in [1.54, 1.807) is 41.5 Å². The molecule has 8 nitrogen and oxygen atoms in total. The normalized spacial score (nSPS) is 13.7. The van der Waals surface area contributed by atoms with Crippen LogP contribution in [0.5, 0.6) is 0 Å². The fraction of sp³-hybridized carbons (Fsp3) is 0.552. The zero-order valence-corrected chi connectivity index (χ0v) is 22.7. The molecule has 0 saturated heterocycles. The van der Waals surface area contributed by atoms with Crippen molar-refractivity contribution in [1.82, 2.24) is 0 Å². The summed E-state index contributed by atoms with van der Waals surface area (Å²) in [5, 5.41) is 12.2. The van der Waals surface area contributed by atoms with Gasteiger partial charge in [0.2, 0.25) is 0 Å². The van der Waals surface area contributed by atoms with Crippen molar-refractivity contribution >= 4 is 28.7 Å². The summed E-state index contributed by atoms with van der Waals surface area (Å²) in [6, 6.07) is 14.6. The predicted octanol–water partition coefficient (Wildman–Crippen LogP) is 5.09. The molecule has 0 aliphatic carbocycles. The summed E-state index contributed by atoms with van der Waals surface area (Å²) in [5.41, 5.74) is -0.392. The largest absolute Gasteiger partial charge is 0.479 e. The summed E-state index contributed by atoms with van der Waals surface area (Å²) >= 11 is 0. The Balaban J connectivity index is 1.91. The van der Waals surface area contributed by atoms with E-state index in [4.69, 9.17) is 18.9 Å². The molecule has 0 spiro atoms. The number of fused-ring (bicyclic) bond motifs is 1. The molecule has 0 heterocycles. The highest BCUT2D eigenvalue weighted by Gasteiger charge is 2.39. The van der Waals surface area contributed by atoms with Crippen LogP contribution in [-0.4, -0.2) is 59.6 Å². The molecule has 2 atom stereocenters. The number of rotatable bonds is 13. The summed E-state index contributed by atoms with van der Waals surface area (Å²) in [5.74, 6) is -3.02. The van der Waals surface area contributed by atoms with Gasteiger partial charge in [0.15, 0.2) is 12.2 Å². The highest BCUT2D eigenvalue weighted by atomic mass is 16.6. The average Bonchev–Trinajstić information content (AvgIpc) is 2.77. The van der Waals surface area contributed by atoms with Gasteiger partial charge >= 0.3 is 17.9 Å². The van der Waals surface area contributed by atoms with E-state index in [9.17, 15) is 19.5 Å². The molecule has 0 aliphatic rings. The molecule has 0 unspecified atom stereocenters. The molecule has 0 radical (unpaired) electrons. The van der Waals surface area contributed by atoms with Gasteiger partial charge in [-0.25, -0.2) is 14.4 Å². The highest BCUT2D eigenvalue weighted by Crippen LogP contribution is 2.18. The van der Waals surface area contributed by atoms with Gasteiger partial charge < -0.3 is 24.1 Å². The van der Waals surface area contributed by atoms with Crippen LogP contribution in [-0.2, 0) is 39.8 Å². The number of aryl methyl sites for hydroxylation is 1. The van der Waals surface area contributed by atoms with Gasteiger partial charge in [-0.3, -0.25) is 0 Å². The average molecular weight is 517 g/mol. The van der Waals surface area contributed by atoms with Crippen LogP contribution in [0.15, 0.2) is 42.5 Å². The van der Waals surface area contributed by atoms with E-state index in [1.165, 1.54) is 16.3 Å². The quantitative estimate of drug-likeness (QED) is 0.290. The Bertz CT molecular complexity index is 1050. The topological polar surface area (TPSA) is 108 Å². The number of hydrogen-bond donors (Lipinski definition) is 1. The lowest BCUT2D eigenvalue weighted by atomic mass is 10.0. The van der Waals surface area contributed by atoms with Gasteiger partial charge in [0, 0.05) is 6.61 Å². The third-order valence-corrected chi connectivity index (χ3v) is 5.18. The molecular formula is C29H40O8. The van der Waals surface area contributed by atoms with Crippen molar-refractivity contribution in [3.05, 3.63) is 48.0 Å². The zero-order chi connectivity index (χ0) is 27.6. The summed E-state index contributed by atoms with van der Waals surface area (Å²) in [6.45, 7) is 9.55. The molecule has 204 valence electrons. The van der Waals surface area contributed by atoms with Crippen molar-refractivity contribution in [3.8, 4) is 0 Å². The summed E-state index contributed by atoms with van der Waals surface area (Å²) in [6.07, 6.45) is -0.0318. The molecule has 0 saturated carbocycles. The number of unbranched alkanes of at least 4 members (excludes halogenated alkanes) is 2. The lowest BCUT2D eigenvalue weighted by Gasteiger charge is -2.27. The molecular weight excluding hydrogens is 476 g/mol. The van der Waals surface area contributed by atoms with Crippen LogP contribution in [0.25, 0.3) is 10.8 Å². The molecule has 0 fully saturated rings. The molecule has 0 amide bonds. The number of carboxylic acid groups (broad SMARTS) is 1. The Morgan fingerprint density at radius 3 is 2.05 bits per heavy atom. The van der Waals surface area contributed by atoms with Gasteiger partial charge in [-0.2, -0.15) is 0 Å². The SMILES string of the molecule is CC(C)(C)OC(=O)CO[C@@H](C(=O)OC(C)(C)C)[C@@H](OCCCCCc1ccc2ccccc2c1)C(=O)O. The molecule has 2 aromatic rings. The number of benzene rings is 2. The van der Waals surface area contributed by atoms with Crippen LogP contribution in [0, 0.1) is 0 Å². The van der Waals surface area contributed by atoms with Crippen LogP contribution in [0.2, 0.25) is 0 Å². The fourth-order valence-corrected chi connectivity index (χ4v) is 3.67. The molecule has 2 rings (SSSR count). The van der Waals surface area contributed by atoms with E-state index in [-0.39, 0.29) is 6.61 Å². The van der Waals surface area contributed by atoms with Gasteiger partial charge in [0.25, 0.3) is 0 Å². The van der Waals surface area contributed by atoms with Crippen LogP contribution >= 0.6 is 0 Å². The Labute approximate surface area is 219 Å². The molecule has 0 aromatic heterocycles. The van der Waals surface area contributed by atoms with Crippen LogP contribution in [0.4, 0.5) is 0 Å². The van der Waals surface area contributed by atoms with E-state index in [1.807, 2.05) is 12.1 Å². The van der Waals surface area contributed by atoms with Gasteiger partial charge in [0.1, 0.15) is 17.8 Å². The second kappa shape index (κ2) is 13.5. The Hall–Kier alpha value is -2.97. The van der Waals surface area contributed by atoms with Gasteiger partial charge in [-0.05, 0) is 77.1 Å². The predicted molar refractivity (Wildman–Crippen MR) is 140 cm³/mol. The second-order valence-electron chi connectivity index (χ2n) is 11.0. The van der Waals surface area contributed by atoms with Crippen molar-refractivity contribution in [1.29, 1.82) is 0 Å². The maximum Gasteiger partial charge on any atom is 0.339 e. The van der Waals surface area contributed by atoms with E-state index >= 15 is 0 Å². The first kappa shape index (κ1) is 30.3. The molecule has 37 heavy (non-hydrogen) atoms. The summed E-state index contributed by atoms with van der Waals surface area (Å²) < 4.78 is 21.5. The standard InChI is InChI=1S/C29H40O8/c1-28(2,3)36-23(30)19-35-25(27(33)37-29(4,5)6)24(26(31)32)34-17-11-7-8-12-20-15-16-21-13-9-10-14-22(21)18-20/h9-10,13-16,18,24-25H,7-8,11-12,17,19H2,1-6H3,(H,31,32)/t24-,25-/m1/s1. The lowest BCUT2D eigenvalue weighted by Crippen LogP contribution is -2.47. The van der Waals surface area contributed by atoms with Gasteiger partial charge in [-0.15, -0.1) is 0 Å². The fourth-order valence-electron chi connectivity index (χ4n) is 3.67. The van der Waals surface area contributed by atoms with E-state index in [0.717, 1.165) is 19.3 Å². The van der Waals surface area contributed by atoms with Crippen molar-refractivity contribution < 1.29 is 38.4 Å². The van der Waals surface area contributed by atoms with Crippen molar-refractivity contribution in [2.45, 2.75) is 90.6 Å². The van der Waals surface area contributed by atoms with Crippen molar-refractivity contribution in [2.24, 2.45) is 0 Å². The Kier molecular flexibility index (Phi) is 11.1. The summed E-state index contributed by atoms with van der Waals surface area (Å²) in [4.78, 5) is 36.8. The van der Waals surface area contributed by atoms with Crippen LogP contribution in [0.3, 0.4) is 0 Å². The van der Waals surface area contributed by atoms with Gasteiger partial charge in [-0.1, -0.05) is 48.9 Å². The minimum atomic E-state index is -1.63. The first-order chi connectivity index (χ1) is 17.2. The first-order valence-corrected chi connectivity index (χ1v) is 12.6. The smallest absolute Gasteiger partial charge is 0.339 e. The third kappa shape index (κ3) is 11.3. The van der Waals surface area contributed by atoms with E-state index in [0.29, 0.717) is 6.42 Å². The second-order valence-corrected chi connectivity index (χ2v) is 11.0. The van der Waals surface area contributed by atoms with E-state index < -0.39 is 47.9 Å². The number of carbonyl (C=O) groups is 3. The number of ether oxygens (including phenoxy) is 4. The van der Waals surface area contributed by atoms with Crippen LogP contribution < -0.4 is 0 Å². The lowest BCUT2D eigenvalue weighted by molar-refractivity contribution is -0.192. The molecule has 0 bridgehead atoms. The Morgan fingerprint density at radius 2 is 1.43 bits per heavy atom. The maximum absolute atomic E-state index is 12.7. The van der Waals surface area contributed by atoms with E-state index in [2.05, 4.69) is 30.3 Å². The Morgan fingerprint density at radius 1 is 0.784 bits per heavy atom. The number of hydrogen-bond acceptors (Lipinski definition) is 7. The molecule has 2 aromatic carbocycles. The highest BCUT2D eigenvalue weighted by molar-refractivity contribution is 5.85. The molecule has 1 N–H and O–H groups in total. The number of aliphatic carboxylic acids is 1. The molecule has 0 aliphatic heterocycles. The third-order valence-electron chi connectivity index (χ3n) is 5.18. The van der Waals surface area contributed by atoms with Crippen molar-refractivity contribution in [3.63, 3.8) is 0 Å². The van der Waals surface area contributed by atoms with Crippen molar-refractivity contribution in [2.75, 3.05) is 13.2 Å². The van der Waals surface area contributed by atoms with Gasteiger partial charge in [0.05, 0.1) is 0 Å².